The molecule has 1 unspecified atom stereocenters. The number of likely N-dealkylation sites (N-methyl/N-ethyl adjacent to an activating group) is 1. The summed E-state index contributed by atoms with van der Waals surface area (Å²) in [5.41, 5.74) is 0.918. The Labute approximate surface area is 113 Å². The molecule has 104 valence electrons. The van der Waals surface area contributed by atoms with Crippen LogP contribution >= 0.6 is 0 Å². The van der Waals surface area contributed by atoms with Gasteiger partial charge in [-0.1, -0.05) is 12.8 Å². The first-order valence-corrected chi connectivity index (χ1v) is 7.18. The molecule has 5 heteroatoms. The number of carbonyl (C=O) groups is 1. The fourth-order valence-electron chi connectivity index (χ4n) is 3.29. The molecule has 1 aromatic rings. The molecular formula is C14H21N3O2. The Hall–Kier alpha value is -1.36. The maximum atomic E-state index is 12.6. The molecule has 1 N–H and O–H groups in total. The summed E-state index contributed by atoms with van der Waals surface area (Å²) in [6.07, 6.45) is 7.37. The second kappa shape index (κ2) is 5.33. The van der Waals surface area contributed by atoms with E-state index >= 15 is 0 Å². The van der Waals surface area contributed by atoms with Crippen molar-refractivity contribution in [3.05, 3.63) is 17.8 Å². The molecular weight excluding hydrogens is 242 g/mol. The van der Waals surface area contributed by atoms with E-state index in [4.69, 9.17) is 4.42 Å². The molecule has 0 radical (unpaired) electrons. The zero-order valence-electron chi connectivity index (χ0n) is 11.4. The van der Waals surface area contributed by atoms with Crippen LogP contribution in [-0.4, -0.2) is 35.9 Å². The minimum atomic E-state index is -0.374. The predicted molar refractivity (Wildman–Crippen MR) is 70.5 cm³/mol. The fourth-order valence-corrected chi connectivity index (χ4v) is 3.29. The van der Waals surface area contributed by atoms with Crippen LogP contribution in [0.15, 0.2) is 10.8 Å². The Morgan fingerprint density at radius 3 is 3.00 bits per heavy atom. The standard InChI is InChI=1S/C14H21N3O2/c1-15-12-13-11(16-9-19-13)6-7-17(14(12)18)8-10-4-2-3-5-10/h9-10,12,15H,2-8H2,1H3. The zero-order chi connectivity index (χ0) is 13.2. The number of carbonyl (C=O) groups excluding carboxylic acids is 1. The van der Waals surface area contributed by atoms with Crippen LogP contribution in [0.4, 0.5) is 0 Å². The highest BCUT2D eigenvalue weighted by Crippen LogP contribution is 2.29. The van der Waals surface area contributed by atoms with E-state index in [0.29, 0.717) is 11.7 Å². The molecule has 1 aromatic heterocycles. The van der Waals surface area contributed by atoms with E-state index in [2.05, 4.69) is 10.3 Å². The molecule has 19 heavy (non-hydrogen) atoms. The summed E-state index contributed by atoms with van der Waals surface area (Å²) in [6.45, 7) is 1.65. The van der Waals surface area contributed by atoms with E-state index in [1.165, 1.54) is 32.1 Å². The van der Waals surface area contributed by atoms with Crippen molar-refractivity contribution in [1.29, 1.82) is 0 Å². The lowest BCUT2D eigenvalue weighted by Gasteiger charge is -2.26. The van der Waals surface area contributed by atoms with Crippen molar-refractivity contribution < 1.29 is 9.21 Å². The number of hydrogen-bond donors (Lipinski definition) is 1. The molecule has 0 saturated heterocycles. The molecule has 0 spiro atoms. The van der Waals surface area contributed by atoms with E-state index < -0.39 is 0 Å². The van der Waals surface area contributed by atoms with Gasteiger partial charge in [0.15, 0.2) is 12.2 Å². The Kier molecular flexibility index (Phi) is 3.55. The number of amides is 1. The highest BCUT2D eigenvalue weighted by atomic mass is 16.3. The van der Waals surface area contributed by atoms with Crippen molar-refractivity contribution in [2.75, 3.05) is 20.1 Å². The van der Waals surface area contributed by atoms with Crippen LogP contribution in [0, 0.1) is 5.92 Å². The highest BCUT2D eigenvalue weighted by molar-refractivity contribution is 5.83. The van der Waals surface area contributed by atoms with Gasteiger partial charge in [-0.25, -0.2) is 4.98 Å². The van der Waals surface area contributed by atoms with Gasteiger partial charge in [0.2, 0.25) is 5.91 Å². The van der Waals surface area contributed by atoms with Crippen molar-refractivity contribution in [1.82, 2.24) is 15.2 Å². The van der Waals surface area contributed by atoms with Crippen LogP contribution in [0.2, 0.25) is 0 Å². The second-order valence-electron chi connectivity index (χ2n) is 5.57. The summed E-state index contributed by atoms with van der Waals surface area (Å²) < 4.78 is 5.41. The number of oxazole rings is 1. The SMILES string of the molecule is CNC1C(=O)N(CC2CCCC2)CCc2ncoc21. The molecule has 5 nitrogen and oxygen atoms in total. The first-order chi connectivity index (χ1) is 9.29. The zero-order valence-corrected chi connectivity index (χ0v) is 11.4. The molecule has 2 heterocycles. The van der Waals surface area contributed by atoms with E-state index in [9.17, 15) is 4.79 Å². The van der Waals surface area contributed by atoms with E-state index in [1.807, 2.05) is 4.90 Å². The number of nitrogens with one attached hydrogen (secondary N) is 1. The summed E-state index contributed by atoms with van der Waals surface area (Å²) in [6, 6.07) is -0.374. The van der Waals surface area contributed by atoms with Gasteiger partial charge >= 0.3 is 0 Å². The summed E-state index contributed by atoms with van der Waals surface area (Å²) >= 11 is 0. The Morgan fingerprint density at radius 1 is 1.47 bits per heavy atom. The summed E-state index contributed by atoms with van der Waals surface area (Å²) in [4.78, 5) is 18.8. The third-order valence-electron chi connectivity index (χ3n) is 4.35. The topological polar surface area (TPSA) is 58.4 Å². The van der Waals surface area contributed by atoms with Crippen LogP contribution in [0.1, 0.15) is 43.2 Å². The van der Waals surface area contributed by atoms with Crippen molar-refractivity contribution >= 4 is 5.91 Å². The van der Waals surface area contributed by atoms with Gasteiger partial charge in [0.05, 0.1) is 5.69 Å². The van der Waals surface area contributed by atoms with Gasteiger partial charge in [0, 0.05) is 19.5 Å². The predicted octanol–water partition coefficient (Wildman–Crippen LogP) is 1.51. The summed E-state index contributed by atoms with van der Waals surface area (Å²) in [5, 5.41) is 3.07. The van der Waals surface area contributed by atoms with Gasteiger partial charge in [0.1, 0.15) is 6.04 Å². The lowest BCUT2D eigenvalue weighted by atomic mass is 10.1. The number of rotatable bonds is 3. The lowest BCUT2D eigenvalue weighted by Crippen LogP contribution is -2.41. The van der Waals surface area contributed by atoms with Gasteiger partial charge in [-0.05, 0) is 25.8 Å². The van der Waals surface area contributed by atoms with Crippen molar-refractivity contribution in [3.63, 3.8) is 0 Å². The molecule has 0 bridgehead atoms. The van der Waals surface area contributed by atoms with Gasteiger partial charge in [-0.3, -0.25) is 4.79 Å². The van der Waals surface area contributed by atoms with E-state index in [-0.39, 0.29) is 11.9 Å². The summed E-state index contributed by atoms with van der Waals surface area (Å²) in [5.74, 6) is 1.50. The number of hydrogen-bond acceptors (Lipinski definition) is 4. The van der Waals surface area contributed by atoms with Gasteiger partial charge in [-0.15, -0.1) is 0 Å². The van der Waals surface area contributed by atoms with Gasteiger partial charge in [-0.2, -0.15) is 0 Å². The third-order valence-corrected chi connectivity index (χ3v) is 4.35. The average molecular weight is 263 g/mol. The lowest BCUT2D eigenvalue weighted by molar-refractivity contribution is -0.134. The molecule has 1 atom stereocenters. The fraction of sp³-hybridized carbons (Fsp3) is 0.714. The Bertz CT molecular complexity index is 451. The first kappa shape index (κ1) is 12.7. The smallest absolute Gasteiger partial charge is 0.247 e. The van der Waals surface area contributed by atoms with Crippen molar-refractivity contribution in [2.24, 2.45) is 5.92 Å². The molecule has 1 aliphatic carbocycles. The molecule has 3 rings (SSSR count). The minimum Gasteiger partial charge on any atom is -0.446 e. The molecule has 1 amide bonds. The minimum absolute atomic E-state index is 0.130. The van der Waals surface area contributed by atoms with Crippen molar-refractivity contribution in [2.45, 2.75) is 38.1 Å². The Morgan fingerprint density at radius 2 is 2.26 bits per heavy atom. The van der Waals surface area contributed by atoms with Crippen LogP contribution in [0.5, 0.6) is 0 Å². The van der Waals surface area contributed by atoms with Crippen molar-refractivity contribution in [3.8, 4) is 0 Å². The number of nitrogens with zero attached hydrogens (tertiary/aromatic N) is 2. The normalized spacial score (nSPS) is 24.6. The quantitative estimate of drug-likeness (QED) is 0.898. The number of aromatic nitrogens is 1. The monoisotopic (exact) mass is 263 g/mol. The van der Waals surface area contributed by atoms with Crippen LogP contribution in [0.3, 0.4) is 0 Å². The van der Waals surface area contributed by atoms with E-state index in [1.54, 1.807) is 7.05 Å². The first-order valence-electron chi connectivity index (χ1n) is 7.18. The Balaban J connectivity index is 1.77. The summed E-state index contributed by atoms with van der Waals surface area (Å²) in [7, 11) is 1.80. The van der Waals surface area contributed by atoms with Gasteiger partial charge < -0.3 is 14.6 Å². The molecule has 1 aliphatic heterocycles. The van der Waals surface area contributed by atoms with Crippen LogP contribution in [-0.2, 0) is 11.2 Å². The molecule has 0 aromatic carbocycles. The molecule has 1 fully saturated rings. The largest absolute Gasteiger partial charge is 0.446 e. The maximum Gasteiger partial charge on any atom is 0.247 e. The molecule has 2 aliphatic rings. The number of fused-ring (bicyclic) bond motifs is 1. The second-order valence-corrected chi connectivity index (χ2v) is 5.57. The highest BCUT2D eigenvalue weighted by Gasteiger charge is 2.34. The molecule has 1 saturated carbocycles. The van der Waals surface area contributed by atoms with Crippen LogP contribution < -0.4 is 5.32 Å². The van der Waals surface area contributed by atoms with Gasteiger partial charge in [0.25, 0.3) is 0 Å². The van der Waals surface area contributed by atoms with E-state index in [0.717, 1.165) is 25.2 Å². The van der Waals surface area contributed by atoms with Crippen LogP contribution in [0.25, 0.3) is 0 Å². The maximum absolute atomic E-state index is 12.6. The third kappa shape index (κ3) is 2.39. The average Bonchev–Trinajstić information content (AvgIpc) is 3.04.